The molecule has 0 bridgehead atoms. The highest BCUT2D eigenvalue weighted by Crippen LogP contribution is 2.04. The number of pyridine rings is 1. The van der Waals surface area contributed by atoms with Gasteiger partial charge in [-0.1, -0.05) is 0 Å². The summed E-state index contributed by atoms with van der Waals surface area (Å²) >= 11 is 0. The van der Waals surface area contributed by atoms with Crippen molar-refractivity contribution in [2.45, 2.75) is 0 Å². The Morgan fingerprint density at radius 1 is 1.50 bits per heavy atom. The molecule has 0 aliphatic heterocycles. The average Bonchev–Trinajstić information content (AvgIpc) is 2.15. The Balaban J connectivity index is 2.87. The molecular formula is C9H6N2O. The van der Waals surface area contributed by atoms with Crippen LogP contribution in [0.1, 0.15) is 5.56 Å². The Hall–Kier alpha value is -2.00. The zero-order chi connectivity index (χ0) is 8.81. The van der Waals surface area contributed by atoms with Crippen molar-refractivity contribution in [2.75, 3.05) is 7.11 Å². The minimum atomic E-state index is 0.539. The predicted octanol–water partition coefficient (Wildman–Crippen LogP) is 0.965. The molecule has 0 radical (unpaired) electrons. The van der Waals surface area contributed by atoms with Gasteiger partial charge >= 0.3 is 0 Å². The summed E-state index contributed by atoms with van der Waals surface area (Å²) in [6.07, 6.45) is 1.56. The Morgan fingerprint density at radius 2 is 2.33 bits per heavy atom. The Morgan fingerprint density at radius 3 is 2.83 bits per heavy atom. The highest BCUT2D eigenvalue weighted by molar-refractivity contribution is 5.37. The fraction of sp³-hybridized carbons (Fsp3) is 0.111. The molecule has 0 aromatic carbocycles. The van der Waals surface area contributed by atoms with Crippen molar-refractivity contribution >= 4 is 0 Å². The third-order valence-electron chi connectivity index (χ3n) is 1.21. The maximum absolute atomic E-state index is 8.16. The van der Waals surface area contributed by atoms with E-state index in [1.165, 1.54) is 0 Å². The largest absolute Gasteiger partial charge is 0.481 e. The van der Waals surface area contributed by atoms with E-state index in [9.17, 15) is 0 Å². The zero-order valence-electron chi connectivity index (χ0n) is 6.53. The third-order valence-corrected chi connectivity index (χ3v) is 1.21. The molecule has 0 saturated carbocycles. The first kappa shape index (κ1) is 8.10. The van der Waals surface area contributed by atoms with E-state index in [1.54, 1.807) is 31.5 Å². The molecule has 1 aromatic rings. The third kappa shape index (κ3) is 2.00. The summed E-state index contributed by atoms with van der Waals surface area (Å²) in [5.74, 6) is 5.43. The molecule has 0 fully saturated rings. The van der Waals surface area contributed by atoms with Crippen LogP contribution in [0.4, 0.5) is 0 Å². The second kappa shape index (κ2) is 4.00. The Labute approximate surface area is 70.6 Å². The van der Waals surface area contributed by atoms with Crippen LogP contribution in [0.3, 0.4) is 0 Å². The molecule has 1 aromatic heterocycles. The van der Waals surface area contributed by atoms with Crippen molar-refractivity contribution in [2.24, 2.45) is 0 Å². The minimum Gasteiger partial charge on any atom is -0.481 e. The molecule has 3 nitrogen and oxygen atoms in total. The van der Waals surface area contributed by atoms with E-state index >= 15 is 0 Å². The van der Waals surface area contributed by atoms with Crippen LogP contribution in [0.2, 0.25) is 0 Å². The van der Waals surface area contributed by atoms with Gasteiger partial charge in [0.1, 0.15) is 0 Å². The zero-order valence-corrected chi connectivity index (χ0v) is 6.53. The number of nitrogens with zero attached hydrogens (tertiary/aromatic N) is 2. The van der Waals surface area contributed by atoms with E-state index in [4.69, 9.17) is 10.00 Å². The lowest BCUT2D eigenvalue weighted by atomic mass is 10.3. The van der Waals surface area contributed by atoms with Crippen LogP contribution in [0.15, 0.2) is 18.3 Å². The normalized spacial score (nSPS) is 7.67. The van der Waals surface area contributed by atoms with E-state index in [0.717, 1.165) is 0 Å². The second-order valence-corrected chi connectivity index (χ2v) is 1.95. The molecule has 0 saturated heterocycles. The van der Waals surface area contributed by atoms with Crippen LogP contribution >= 0.6 is 0 Å². The van der Waals surface area contributed by atoms with Crippen LogP contribution in [0.25, 0.3) is 0 Å². The summed E-state index contributed by atoms with van der Waals surface area (Å²) in [7, 11) is 1.54. The molecule has 1 rings (SSSR count). The van der Waals surface area contributed by atoms with Gasteiger partial charge in [0.2, 0.25) is 5.88 Å². The Kier molecular flexibility index (Phi) is 2.70. The van der Waals surface area contributed by atoms with Crippen molar-refractivity contribution in [1.29, 1.82) is 5.26 Å². The van der Waals surface area contributed by atoms with Crippen LogP contribution in [0.5, 0.6) is 5.88 Å². The summed E-state index contributed by atoms with van der Waals surface area (Å²) in [5.41, 5.74) is 0.706. The number of hydrogen-bond donors (Lipinski definition) is 0. The molecule has 0 atom stereocenters. The van der Waals surface area contributed by atoms with Gasteiger partial charge in [-0.25, -0.2) is 4.98 Å². The number of hydrogen-bond acceptors (Lipinski definition) is 3. The van der Waals surface area contributed by atoms with E-state index in [-0.39, 0.29) is 0 Å². The average molecular weight is 158 g/mol. The molecule has 0 spiro atoms. The van der Waals surface area contributed by atoms with E-state index < -0.39 is 0 Å². The first-order chi connectivity index (χ1) is 5.86. The lowest BCUT2D eigenvalue weighted by Crippen LogP contribution is -1.86. The van der Waals surface area contributed by atoms with E-state index in [0.29, 0.717) is 11.4 Å². The van der Waals surface area contributed by atoms with Gasteiger partial charge in [-0.05, 0) is 12.0 Å². The van der Waals surface area contributed by atoms with Gasteiger partial charge in [0.05, 0.1) is 7.11 Å². The van der Waals surface area contributed by atoms with Crippen molar-refractivity contribution < 1.29 is 4.74 Å². The first-order valence-electron chi connectivity index (χ1n) is 3.27. The summed E-state index contributed by atoms with van der Waals surface area (Å²) in [5, 5.41) is 8.16. The SMILES string of the molecule is COc1ccc(C#CC#N)cn1. The van der Waals surface area contributed by atoms with Crippen molar-refractivity contribution in [3.63, 3.8) is 0 Å². The maximum Gasteiger partial charge on any atom is 0.212 e. The number of methoxy groups -OCH3 is 1. The molecule has 0 aliphatic carbocycles. The number of ether oxygens (including phenoxy) is 1. The van der Waals surface area contributed by atoms with Gasteiger partial charge in [-0.3, -0.25) is 0 Å². The van der Waals surface area contributed by atoms with Gasteiger partial charge in [0.15, 0.2) is 6.07 Å². The fourth-order valence-corrected chi connectivity index (χ4v) is 0.675. The van der Waals surface area contributed by atoms with Gasteiger partial charge in [0.25, 0.3) is 0 Å². The quantitative estimate of drug-likeness (QED) is 0.572. The van der Waals surface area contributed by atoms with Gasteiger partial charge in [-0.2, -0.15) is 5.26 Å². The number of aromatic nitrogens is 1. The Bertz CT molecular complexity index is 351. The molecule has 3 heteroatoms. The van der Waals surface area contributed by atoms with Crippen LogP contribution in [0, 0.1) is 23.2 Å². The fourth-order valence-electron chi connectivity index (χ4n) is 0.675. The molecule has 0 N–H and O–H groups in total. The topological polar surface area (TPSA) is 45.9 Å². The van der Waals surface area contributed by atoms with Crippen molar-refractivity contribution in [3.05, 3.63) is 23.9 Å². The van der Waals surface area contributed by atoms with Crippen molar-refractivity contribution in [1.82, 2.24) is 4.98 Å². The highest BCUT2D eigenvalue weighted by Gasteiger charge is 1.90. The molecule has 0 aliphatic rings. The first-order valence-corrected chi connectivity index (χ1v) is 3.27. The van der Waals surface area contributed by atoms with Crippen molar-refractivity contribution in [3.8, 4) is 23.8 Å². The number of nitriles is 1. The van der Waals surface area contributed by atoms with Gasteiger partial charge < -0.3 is 4.74 Å². The molecule has 1 heterocycles. The van der Waals surface area contributed by atoms with Crippen LogP contribution in [-0.4, -0.2) is 12.1 Å². The molecular weight excluding hydrogens is 152 g/mol. The molecule has 0 unspecified atom stereocenters. The number of rotatable bonds is 1. The monoisotopic (exact) mass is 158 g/mol. The second-order valence-electron chi connectivity index (χ2n) is 1.95. The summed E-state index contributed by atoms with van der Waals surface area (Å²) in [4.78, 5) is 3.92. The van der Waals surface area contributed by atoms with Crippen LogP contribution in [-0.2, 0) is 0 Å². The van der Waals surface area contributed by atoms with Gasteiger partial charge in [0, 0.05) is 23.7 Å². The predicted molar refractivity (Wildman–Crippen MR) is 43.3 cm³/mol. The minimum absolute atomic E-state index is 0.539. The lowest BCUT2D eigenvalue weighted by Gasteiger charge is -1.95. The summed E-state index contributed by atoms with van der Waals surface area (Å²) < 4.78 is 4.85. The van der Waals surface area contributed by atoms with Gasteiger partial charge in [-0.15, -0.1) is 0 Å². The molecule has 58 valence electrons. The summed E-state index contributed by atoms with van der Waals surface area (Å²) in [6.45, 7) is 0. The lowest BCUT2D eigenvalue weighted by molar-refractivity contribution is 0.398. The summed E-state index contributed by atoms with van der Waals surface area (Å²) in [6, 6.07) is 5.17. The highest BCUT2D eigenvalue weighted by atomic mass is 16.5. The van der Waals surface area contributed by atoms with E-state index in [1.807, 2.05) is 0 Å². The standard InChI is InChI=1S/C9H6N2O/c1-12-9-5-4-8(7-11-9)3-2-6-10/h4-5,7H,1H3. The van der Waals surface area contributed by atoms with E-state index in [2.05, 4.69) is 16.8 Å². The molecule has 12 heavy (non-hydrogen) atoms. The maximum atomic E-state index is 8.16. The van der Waals surface area contributed by atoms with Crippen LogP contribution < -0.4 is 4.74 Å². The molecule has 0 amide bonds. The smallest absolute Gasteiger partial charge is 0.212 e.